The molecule has 2 aromatic rings. The van der Waals surface area contributed by atoms with Crippen molar-refractivity contribution in [1.82, 2.24) is 10.6 Å². The van der Waals surface area contributed by atoms with Crippen LogP contribution in [0.1, 0.15) is 35.7 Å². The Labute approximate surface area is 169 Å². The van der Waals surface area contributed by atoms with Gasteiger partial charge in [-0.3, -0.25) is 9.59 Å². The third-order valence-electron chi connectivity index (χ3n) is 3.83. The predicted octanol–water partition coefficient (Wildman–Crippen LogP) is 3.64. The number of anilines is 1. The van der Waals surface area contributed by atoms with Gasteiger partial charge in [0.2, 0.25) is 5.91 Å². The molecule has 0 atom stereocenters. The highest BCUT2D eigenvalue weighted by molar-refractivity contribution is 5.94. The number of rotatable bonds is 9. The van der Waals surface area contributed by atoms with E-state index >= 15 is 0 Å². The van der Waals surface area contributed by atoms with E-state index in [1.807, 2.05) is 31.2 Å². The first-order valence-electron chi connectivity index (χ1n) is 8.82. The van der Waals surface area contributed by atoms with Crippen molar-refractivity contribution in [3.8, 4) is 0 Å². The fraction of sp³-hybridized carbons (Fsp3) is 0.300. The number of amides is 2. The predicted molar refractivity (Wildman–Crippen MR) is 108 cm³/mol. The van der Waals surface area contributed by atoms with Crippen LogP contribution < -0.4 is 16.0 Å². The first-order valence-corrected chi connectivity index (χ1v) is 8.82. The molecule has 8 heteroatoms. The van der Waals surface area contributed by atoms with Crippen molar-refractivity contribution in [2.24, 2.45) is 0 Å². The van der Waals surface area contributed by atoms with Crippen molar-refractivity contribution < 1.29 is 18.4 Å². The molecule has 2 aromatic carbocycles. The lowest BCUT2D eigenvalue weighted by Gasteiger charge is -2.09. The molecule has 2 amide bonds. The van der Waals surface area contributed by atoms with Gasteiger partial charge in [0, 0.05) is 31.3 Å². The zero-order chi connectivity index (χ0) is 19.6. The van der Waals surface area contributed by atoms with E-state index in [4.69, 9.17) is 0 Å². The van der Waals surface area contributed by atoms with E-state index in [2.05, 4.69) is 16.0 Å². The van der Waals surface area contributed by atoms with Gasteiger partial charge < -0.3 is 16.0 Å². The molecule has 0 radical (unpaired) electrons. The monoisotopic (exact) mass is 411 g/mol. The van der Waals surface area contributed by atoms with E-state index in [0.717, 1.165) is 30.8 Å². The standard InChI is InChI=1S/C20H23F2N3O2.ClH/c1-2-23-13-14-5-3-6-16(11-14)25-19(26)7-4-10-24-20(27)17-9-8-15(21)12-18(17)22;/h3,5-6,8-9,11-12,23H,2,4,7,10,13H2,1H3,(H,24,27)(H,25,26);1H. The van der Waals surface area contributed by atoms with Crippen LogP contribution in [-0.2, 0) is 11.3 Å². The molecule has 0 saturated heterocycles. The van der Waals surface area contributed by atoms with Gasteiger partial charge in [0.15, 0.2) is 0 Å². The quantitative estimate of drug-likeness (QED) is 0.552. The summed E-state index contributed by atoms with van der Waals surface area (Å²) in [6, 6.07) is 10.3. The Kier molecular flexibility index (Phi) is 10.1. The van der Waals surface area contributed by atoms with Crippen molar-refractivity contribution in [2.75, 3.05) is 18.4 Å². The van der Waals surface area contributed by atoms with E-state index in [1.165, 1.54) is 0 Å². The Morgan fingerprint density at radius 2 is 1.86 bits per heavy atom. The van der Waals surface area contributed by atoms with Gasteiger partial charge in [-0.05, 0) is 42.8 Å². The van der Waals surface area contributed by atoms with Crippen LogP contribution in [0.5, 0.6) is 0 Å². The largest absolute Gasteiger partial charge is 0.352 e. The van der Waals surface area contributed by atoms with Gasteiger partial charge in [-0.15, -0.1) is 12.4 Å². The van der Waals surface area contributed by atoms with Crippen molar-refractivity contribution in [3.05, 3.63) is 65.2 Å². The number of hydrogen-bond donors (Lipinski definition) is 3. The van der Waals surface area contributed by atoms with Crippen LogP contribution in [0.3, 0.4) is 0 Å². The first kappa shape index (κ1) is 23.5. The first-order chi connectivity index (χ1) is 13.0. The number of benzene rings is 2. The van der Waals surface area contributed by atoms with E-state index in [-0.39, 0.29) is 36.8 Å². The third kappa shape index (κ3) is 7.62. The molecule has 0 aromatic heterocycles. The van der Waals surface area contributed by atoms with Gasteiger partial charge in [0.1, 0.15) is 11.6 Å². The topological polar surface area (TPSA) is 70.2 Å². The molecule has 0 aliphatic heterocycles. The summed E-state index contributed by atoms with van der Waals surface area (Å²) in [6.45, 7) is 3.83. The number of nitrogens with one attached hydrogen (secondary N) is 3. The van der Waals surface area contributed by atoms with Crippen LogP contribution in [0.25, 0.3) is 0 Å². The molecule has 0 aliphatic carbocycles. The van der Waals surface area contributed by atoms with Crippen molar-refractivity contribution in [1.29, 1.82) is 0 Å². The molecule has 0 unspecified atom stereocenters. The summed E-state index contributed by atoms with van der Waals surface area (Å²) < 4.78 is 26.4. The summed E-state index contributed by atoms with van der Waals surface area (Å²) in [7, 11) is 0. The van der Waals surface area contributed by atoms with Crippen molar-refractivity contribution >= 4 is 29.9 Å². The summed E-state index contributed by atoms with van der Waals surface area (Å²) in [5.41, 5.74) is 1.56. The molecule has 152 valence electrons. The van der Waals surface area contributed by atoms with Gasteiger partial charge in [0.25, 0.3) is 5.91 Å². The van der Waals surface area contributed by atoms with E-state index in [1.54, 1.807) is 0 Å². The lowest BCUT2D eigenvalue weighted by atomic mass is 10.2. The minimum absolute atomic E-state index is 0. The van der Waals surface area contributed by atoms with E-state index in [0.29, 0.717) is 18.2 Å². The maximum absolute atomic E-state index is 13.5. The maximum Gasteiger partial charge on any atom is 0.254 e. The van der Waals surface area contributed by atoms with Crippen LogP contribution in [0.15, 0.2) is 42.5 Å². The Morgan fingerprint density at radius 1 is 1.07 bits per heavy atom. The molecule has 0 aliphatic rings. The summed E-state index contributed by atoms with van der Waals surface area (Å²) in [5.74, 6) is -2.46. The molecule has 5 nitrogen and oxygen atoms in total. The second kappa shape index (κ2) is 12.0. The van der Waals surface area contributed by atoms with Gasteiger partial charge >= 0.3 is 0 Å². The lowest BCUT2D eigenvalue weighted by molar-refractivity contribution is -0.116. The average molecular weight is 412 g/mol. The van der Waals surface area contributed by atoms with Crippen molar-refractivity contribution in [3.63, 3.8) is 0 Å². The molecule has 0 fully saturated rings. The van der Waals surface area contributed by atoms with Crippen LogP contribution in [0.4, 0.5) is 14.5 Å². The van der Waals surface area contributed by atoms with Crippen molar-refractivity contribution in [2.45, 2.75) is 26.3 Å². The summed E-state index contributed by atoms with van der Waals surface area (Å²) in [6.07, 6.45) is 0.612. The molecule has 0 saturated carbocycles. The van der Waals surface area contributed by atoms with Gasteiger partial charge in [-0.1, -0.05) is 19.1 Å². The molecule has 28 heavy (non-hydrogen) atoms. The zero-order valence-electron chi connectivity index (χ0n) is 15.6. The Balaban J connectivity index is 0.00000392. The van der Waals surface area contributed by atoms with Crippen LogP contribution >= 0.6 is 12.4 Å². The van der Waals surface area contributed by atoms with E-state index < -0.39 is 17.5 Å². The summed E-state index contributed by atoms with van der Waals surface area (Å²) >= 11 is 0. The molecule has 0 spiro atoms. The summed E-state index contributed by atoms with van der Waals surface area (Å²) in [4.78, 5) is 23.9. The Bertz CT molecular complexity index is 803. The van der Waals surface area contributed by atoms with Crippen LogP contribution in [0.2, 0.25) is 0 Å². The number of halogens is 3. The SMILES string of the molecule is CCNCc1cccc(NC(=O)CCCNC(=O)c2ccc(F)cc2F)c1.Cl. The normalized spacial score (nSPS) is 10.1. The second-order valence-electron chi connectivity index (χ2n) is 6.01. The minimum Gasteiger partial charge on any atom is -0.352 e. The highest BCUT2D eigenvalue weighted by Gasteiger charge is 2.12. The van der Waals surface area contributed by atoms with Crippen LogP contribution in [0, 0.1) is 11.6 Å². The fourth-order valence-electron chi connectivity index (χ4n) is 2.47. The van der Waals surface area contributed by atoms with E-state index in [9.17, 15) is 18.4 Å². The third-order valence-corrected chi connectivity index (χ3v) is 3.83. The number of carbonyl (C=O) groups excluding carboxylic acids is 2. The molecule has 3 N–H and O–H groups in total. The molecular formula is C20H24ClF2N3O2. The molecular weight excluding hydrogens is 388 g/mol. The van der Waals surface area contributed by atoms with Gasteiger partial charge in [-0.2, -0.15) is 0 Å². The highest BCUT2D eigenvalue weighted by Crippen LogP contribution is 2.12. The van der Waals surface area contributed by atoms with Crippen LogP contribution in [-0.4, -0.2) is 24.9 Å². The maximum atomic E-state index is 13.5. The minimum atomic E-state index is -0.914. The number of hydrogen-bond acceptors (Lipinski definition) is 3. The fourth-order valence-corrected chi connectivity index (χ4v) is 2.47. The highest BCUT2D eigenvalue weighted by atomic mass is 35.5. The average Bonchev–Trinajstić information content (AvgIpc) is 2.63. The molecule has 2 rings (SSSR count). The molecule has 0 bridgehead atoms. The zero-order valence-corrected chi connectivity index (χ0v) is 16.4. The Morgan fingerprint density at radius 3 is 2.57 bits per heavy atom. The summed E-state index contributed by atoms with van der Waals surface area (Å²) in [5, 5.41) is 8.55. The smallest absolute Gasteiger partial charge is 0.254 e. The van der Waals surface area contributed by atoms with Gasteiger partial charge in [0.05, 0.1) is 5.56 Å². The molecule has 0 heterocycles. The Hall–Kier alpha value is -2.51. The number of carbonyl (C=O) groups is 2. The lowest BCUT2D eigenvalue weighted by Crippen LogP contribution is -2.26. The second-order valence-corrected chi connectivity index (χ2v) is 6.01. The van der Waals surface area contributed by atoms with Gasteiger partial charge in [-0.25, -0.2) is 8.78 Å².